The van der Waals surface area contributed by atoms with E-state index in [-0.39, 0.29) is 11.7 Å². The first-order valence-corrected chi connectivity index (χ1v) is 9.72. The van der Waals surface area contributed by atoms with Gasteiger partial charge in [-0.25, -0.2) is 9.67 Å². The summed E-state index contributed by atoms with van der Waals surface area (Å²) in [7, 11) is 1.64. The first-order chi connectivity index (χ1) is 13.8. The third-order valence-electron chi connectivity index (χ3n) is 5.04. The van der Waals surface area contributed by atoms with Gasteiger partial charge in [0.15, 0.2) is 5.82 Å². The molecule has 1 amide bonds. The maximum absolute atomic E-state index is 13.0. The van der Waals surface area contributed by atoms with Gasteiger partial charge in [0.1, 0.15) is 5.75 Å². The van der Waals surface area contributed by atoms with Crippen molar-refractivity contribution in [1.29, 1.82) is 0 Å². The number of rotatable bonds is 4. The SMILES string of the molecule is COc1ccc(-n2nc(C(=O)N3CCCCCC3)nc2-c2ccccc2)cc1. The van der Waals surface area contributed by atoms with Crippen LogP contribution >= 0.6 is 0 Å². The van der Waals surface area contributed by atoms with Crippen LogP contribution in [0.25, 0.3) is 17.1 Å². The molecule has 4 rings (SSSR count). The van der Waals surface area contributed by atoms with E-state index in [1.807, 2.05) is 59.5 Å². The highest BCUT2D eigenvalue weighted by molar-refractivity contribution is 5.91. The second kappa shape index (κ2) is 8.25. The van der Waals surface area contributed by atoms with Gasteiger partial charge in [-0.15, -0.1) is 5.10 Å². The number of carbonyl (C=O) groups is 1. The van der Waals surface area contributed by atoms with Gasteiger partial charge in [-0.3, -0.25) is 4.79 Å². The summed E-state index contributed by atoms with van der Waals surface area (Å²) in [6, 6.07) is 17.4. The number of aromatic nitrogens is 3. The molecule has 2 heterocycles. The number of nitrogens with zero attached hydrogens (tertiary/aromatic N) is 4. The quantitative estimate of drug-likeness (QED) is 0.692. The Morgan fingerprint density at radius 2 is 1.61 bits per heavy atom. The molecule has 2 aromatic carbocycles. The minimum absolute atomic E-state index is 0.0913. The number of amides is 1. The van der Waals surface area contributed by atoms with Crippen molar-refractivity contribution in [2.75, 3.05) is 20.2 Å². The fourth-order valence-corrected chi connectivity index (χ4v) is 3.50. The van der Waals surface area contributed by atoms with Crippen LogP contribution in [0.4, 0.5) is 0 Å². The minimum Gasteiger partial charge on any atom is -0.497 e. The standard InChI is InChI=1S/C22H24N4O2/c1-28-19-13-11-18(12-14-19)26-21(17-9-5-4-6-10-17)23-20(24-26)22(27)25-15-7-2-3-8-16-25/h4-6,9-14H,2-3,7-8,15-16H2,1H3. The molecule has 0 aliphatic carbocycles. The van der Waals surface area contributed by atoms with Gasteiger partial charge in [-0.2, -0.15) is 0 Å². The summed E-state index contributed by atoms with van der Waals surface area (Å²) in [5.41, 5.74) is 1.75. The van der Waals surface area contributed by atoms with E-state index in [0.29, 0.717) is 5.82 Å². The van der Waals surface area contributed by atoms with Gasteiger partial charge in [0, 0.05) is 18.7 Å². The lowest BCUT2D eigenvalue weighted by molar-refractivity contribution is 0.0749. The smallest absolute Gasteiger partial charge is 0.293 e. The average molecular weight is 376 g/mol. The molecular formula is C22H24N4O2. The largest absolute Gasteiger partial charge is 0.497 e. The Bertz CT molecular complexity index is 927. The van der Waals surface area contributed by atoms with Crippen LogP contribution in [0.1, 0.15) is 36.3 Å². The number of likely N-dealkylation sites (tertiary alicyclic amines) is 1. The van der Waals surface area contributed by atoms with Crippen LogP contribution in [-0.2, 0) is 0 Å². The van der Waals surface area contributed by atoms with Crippen LogP contribution in [0.2, 0.25) is 0 Å². The maximum atomic E-state index is 13.0. The van der Waals surface area contributed by atoms with Crippen molar-refractivity contribution in [2.45, 2.75) is 25.7 Å². The fourth-order valence-electron chi connectivity index (χ4n) is 3.50. The molecular weight excluding hydrogens is 352 g/mol. The second-order valence-electron chi connectivity index (χ2n) is 6.94. The van der Waals surface area contributed by atoms with Crippen LogP contribution in [0.5, 0.6) is 5.75 Å². The summed E-state index contributed by atoms with van der Waals surface area (Å²) in [6.07, 6.45) is 4.42. The van der Waals surface area contributed by atoms with Gasteiger partial charge in [0.05, 0.1) is 12.8 Å². The van der Waals surface area contributed by atoms with Crippen molar-refractivity contribution >= 4 is 5.91 Å². The van der Waals surface area contributed by atoms with E-state index in [2.05, 4.69) is 10.1 Å². The molecule has 0 radical (unpaired) electrons. The lowest BCUT2D eigenvalue weighted by Crippen LogP contribution is -2.32. The Morgan fingerprint density at radius 1 is 0.929 bits per heavy atom. The predicted octanol–water partition coefficient (Wildman–Crippen LogP) is 3.96. The van der Waals surface area contributed by atoms with E-state index >= 15 is 0 Å². The zero-order valence-electron chi connectivity index (χ0n) is 16.0. The highest BCUT2D eigenvalue weighted by atomic mass is 16.5. The Hall–Kier alpha value is -3.15. The molecule has 1 aliphatic heterocycles. The number of hydrogen-bond donors (Lipinski definition) is 0. The third kappa shape index (κ3) is 3.76. The number of carbonyl (C=O) groups excluding carboxylic acids is 1. The van der Waals surface area contributed by atoms with Gasteiger partial charge >= 0.3 is 0 Å². The van der Waals surface area contributed by atoms with Crippen molar-refractivity contribution < 1.29 is 9.53 Å². The van der Waals surface area contributed by atoms with E-state index in [1.54, 1.807) is 11.8 Å². The Balaban J connectivity index is 1.74. The molecule has 0 bridgehead atoms. The molecule has 144 valence electrons. The zero-order chi connectivity index (χ0) is 19.3. The molecule has 28 heavy (non-hydrogen) atoms. The molecule has 6 nitrogen and oxygen atoms in total. The summed E-state index contributed by atoms with van der Waals surface area (Å²) >= 11 is 0. The number of ether oxygens (including phenoxy) is 1. The van der Waals surface area contributed by atoms with Crippen LogP contribution in [-0.4, -0.2) is 45.8 Å². The van der Waals surface area contributed by atoms with Crippen LogP contribution in [0.3, 0.4) is 0 Å². The average Bonchev–Trinajstić information content (AvgIpc) is 3.02. The summed E-state index contributed by atoms with van der Waals surface area (Å²) in [5, 5.41) is 4.59. The molecule has 6 heteroatoms. The summed E-state index contributed by atoms with van der Waals surface area (Å²) in [6.45, 7) is 1.55. The van der Waals surface area contributed by atoms with Crippen molar-refractivity contribution in [1.82, 2.24) is 19.7 Å². The van der Waals surface area contributed by atoms with E-state index in [0.717, 1.165) is 42.9 Å². The zero-order valence-corrected chi connectivity index (χ0v) is 16.0. The molecule has 1 aromatic heterocycles. The van der Waals surface area contributed by atoms with Crippen molar-refractivity contribution in [3.63, 3.8) is 0 Å². The van der Waals surface area contributed by atoms with Gasteiger partial charge in [-0.1, -0.05) is 43.2 Å². The van der Waals surface area contributed by atoms with Gasteiger partial charge in [-0.05, 0) is 37.1 Å². The van der Waals surface area contributed by atoms with Crippen LogP contribution < -0.4 is 4.74 Å². The normalized spacial score (nSPS) is 14.5. The lowest BCUT2D eigenvalue weighted by atomic mass is 10.2. The maximum Gasteiger partial charge on any atom is 0.293 e. The number of methoxy groups -OCH3 is 1. The lowest BCUT2D eigenvalue weighted by Gasteiger charge is -2.18. The van der Waals surface area contributed by atoms with Crippen LogP contribution in [0.15, 0.2) is 54.6 Å². The minimum atomic E-state index is -0.0913. The first-order valence-electron chi connectivity index (χ1n) is 9.72. The Labute approximate surface area is 164 Å². The third-order valence-corrected chi connectivity index (χ3v) is 5.04. The van der Waals surface area contributed by atoms with Crippen molar-refractivity contribution in [3.8, 4) is 22.8 Å². The van der Waals surface area contributed by atoms with Crippen molar-refractivity contribution in [3.05, 3.63) is 60.4 Å². The number of hydrogen-bond acceptors (Lipinski definition) is 4. The molecule has 0 spiro atoms. The van der Waals surface area contributed by atoms with E-state index in [1.165, 1.54) is 12.8 Å². The molecule has 1 fully saturated rings. The van der Waals surface area contributed by atoms with Gasteiger partial charge in [0.25, 0.3) is 5.91 Å². The number of benzene rings is 2. The molecule has 0 atom stereocenters. The van der Waals surface area contributed by atoms with E-state index < -0.39 is 0 Å². The van der Waals surface area contributed by atoms with Crippen LogP contribution in [0, 0.1) is 0 Å². The molecule has 0 unspecified atom stereocenters. The molecule has 0 N–H and O–H groups in total. The van der Waals surface area contributed by atoms with Crippen molar-refractivity contribution in [2.24, 2.45) is 0 Å². The summed E-state index contributed by atoms with van der Waals surface area (Å²) in [4.78, 5) is 19.6. The monoisotopic (exact) mass is 376 g/mol. The highest BCUT2D eigenvalue weighted by Gasteiger charge is 2.24. The second-order valence-corrected chi connectivity index (χ2v) is 6.94. The molecule has 1 saturated heterocycles. The first kappa shape index (κ1) is 18.2. The van der Waals surface area contributed by atoms with E-state index in [4.69, 9.17) is 4.74 Å². The predicted molar refractivity (Wildman–Crippen MR) is 108 cm³/mol. The van der Waals surface area contributed by atoms with Gasteiger partial charge < -0.3 is 9.64 Å². The summed E-state index contributed by atoms with van der Waals surface area (Å²) < 4.78 is 6.98. The van der Waals surface area contributed by atoms with Gasteiger partial charge in [0.2, 0.25) is 5.82 Å². The van der Waals surface area contributed by atoms with E-state index in [9.17, 15) is 4.79 Å². The molecule has 3 aromatic rings. The fraction of sp³-hybridized carbons (Fsp3) is 0.318. The Kier molecular flexibility index (Phi) is 5.37. The molecule has 0 saturated carbocycles. The summed E-state index contributed by atoms with van der Waals surface area (Å²) in [5.74, 6) is 1.58. The highest BCUT2D eigenvalue weighted by Crippen LogP contribution is 2.23. The Morgan fingerprint density at radius 3 is 2.25 bits per heavy atom. The molecule has 1 aliphatic rings. The topological polar surface area (TPSA) is 60.3 Å².